The van der Waals surface area contributed by atoms with Crippen LogP contribution in [-0.2, 0) is 19.7 Å². The van der Waals surface area contributed by atoms with E-state index in [0.29, 0.717) is 34.9 Å². The number of hydrogen-bond acceptors (Lipinski definition) is 6. The molecule has 0 spiro atoms. The molecule has 0 saturated carbocycles. The Labute approximate surface area is 149 Å². The summed E-state index contributed by atoms with van der Waals surface area (Å²) >= 11 is 6.09. The fourth-order valence-electron chi connectivity index (χ4n) is 2.57. The standard InChI is InChI=1S/C17H18ClN5O2/c1-11-17(25)15(13(8-24)6-21-11)7-19-5-12-2-3-14(18)4-16(12)23-10-20-9-22-23/h2-4,6,9-10,19,24-25H,5,7-8H2,1H3. The van der Waals surface area contributed by atoms with Crippen LogP contribution < -0.4 is 5.32 Å². The number of benzene rings is 1. The van der Waals surface area contributed by atoms with Gasteiger partial charge in [-0.15, -0.1) is 0 Å². The van der Waals surface area contributed by atoms with Gasteiger partial charge >= 0.3 is 0 Å². The van der Waals surface area contributed by atoms with E-state index in [1.807, 2.05) is 18.2 Å². The number of halogens is 1. The molecular formula is C17H18ClN5O2. The van der Waals surface area contributed by atoms with E-state index in [9.17, 15) is 10.2 Å². The summed E-state index contributed by atoms with van der Waals surface area (Å²) in [7, 11) is 0. The minimum absolute atomic E-state index is 0.103. The lowest BCUT2D eigenvalue weighted by molar-refractivity contribution is 0.278. The second kappa shape index (κ2) is 7.60. The molecule has 0 atom stereocenters. The first-order valence-corrected chi connectivity index (χ1v) is 8.09. The second-order valence-corrected chi connectivity index (χ2v) is 6.01. The summed E-state index contributed by atoms with van der Waals surface area (Å²) in [5.74, 6) is 0.103. The Hall–Kier alpha value is -2.48. The molecule has 8 heteroatoms. The van der Waals surface area contributed by atoms with E-state index in [1.165, 1.54) is 6.33 Å². The van der Waals surface area contributed by atoms with Gasteiger partial charge in [0.1, 0.15) is 18.4 Å². The number of rotatable bonds is 6. The lowest BCUT2D eigenvalue weighted by atomic mass is 10.1. The van der Waals surface area contributed by atoms with Gasteiger partial charge in [0.05, 0.1) is 18.0 Å². The van der Waals surface area contributed by atoms with Crippen molar-refractivity contribution in [3.05, 3.63) is 64.5 Å². The highest BCUT2D eigenvalue weighted by atomic mass is 35.5. The molecule has 0 radical (unpaired) electrons. The van der Waals surface area contributed by atoms with Crippen molar-refractivity contribution in [2.75, 3.05) is 0 Å². The van der Waals surface area contributed by atoms with E-state index in [2.05, 4.69) is 20.4 Å². The van der Waals surface area contributed by atoms with Crippen LogP contribution in [0.15, 0.2) is 37.1 Å². The van der Waals surface area contributed by atoms with Crippen molar-refractivity contribution in [3.8, 4) is 11.4 Å². The van der Waals surface area contributed by atoms with Crippen molar-refractivity contribution >= 4 is 11.6 Å². The largest absolute Gasteiger partial charge is 0.506 e. The first-order chi connectivity index (χ1) is 12.1. The number of aliphatic hydroxyl groups is 1. The maximum absolute atomic E-state index is 10.2. The molecule has 130 valence electrons. The van der Waals surface area contributed by atoms with Crippen LogP contribution in [0.3, 0.4) is 0 Å². The van der Waals surface area contributed by atoms with Crippen LogP contribution >= 0.6 is 11.6 Å². The Morgan fingerprint density at radius 3 is 2.80 bits per heavy atom. The summed E-state index contributed by atoms with van der Waals surface area (Å²) in [6.07, 6.45) is 4.65. The predicted octanol–water partition coefficient (Wildman–Crippen LogP) is 2.11. The summed E-state index contributed by atoms with van der Waals surface area (Å²) in [6.45, 7) is 2.47. The van der Waals surface area contributed by atoms with Crippen LogP contribution in [-0.4, -0.2) is 30.0 Å². The van der Waals surface area contributed by atoms with E-state index >= 15 is 0 Å². The zero-order valence-corrected chi connectivity index (χ0v) is 14.4. The Kier molecular flexibility index (Phi) is 5.28. The smallest absolute Gasteiger partial charge is 0.141 e. The first-order valence-electron chi connectivity index (χ1n) is 7.71. The maximum atomic E-state index is 10.2. The summed E-state index contributed by atoms with van der Waals surface area (Å²) in [4.78, 5) is 8.02. The Balaban J connectivity index is 1.79. The molecule has 2 aromatic heterocycles. The summed E-state index contributed by atoms with van der Waals surface area (Å²) in [6, 6.07) is 5.55. The SMILES string of the molecule is Cc1ncc(CO)c(CNCc2ccc(Cl)cc2-n2cncn2)c1O. The van der Waals surface area contributed by atoms with Crippen LogP contribution in [0, 0.1) is 6.92 Å². The third-order valence-corrected chi connectivity index (χ3v) is 4.17. The van der Waals surface area contributed by atoms with Crippen molar-refractivity contribution in [2.24, 2.45) is 0 Å². The number of aryl methyl sites for hydroxylation is 1. The quantitative estimate of drug-likeness (QED) is 0.624. The van der Waals surface area contributed by atoms with Crippen molar-refractivity contribution in [1.29, 1.82) is 0 Å². The van der Waals surface area contributed by atoms with Gasteiger partial charge in [-0.25, -0.2) is 9.67 Å². The van der Waals surface area contributed by atoms with Crippen molar-refractivity contribution < 1.29 is 10.2 Å². The fraction of sp³-hybridized carbons (Fsp3) is 0.235. The van der Waals surface area contributed by atoms with Crippen LogP contribution in [0.5, 0.6) is 5.75 Å². The summed E-state index contributed by atoms with van der Waals surface area (Å²) in [5.41, 5.74) is 3.58. The van der Waals surface area contributed by atoms with Gasteiger partial charge in [0.2, 0.25) is 0 Å². The van der Waals surface area contributed by atoms with Crippen LogP contribution in [0.2, 0.25) is 5.02 Å². The zero-order valence-electron chi connectivity index (χ0n) is 13.6. The van der Waals surface area contributed by atoms with E-state index in [-0.39, 0.29) is 12.4 Å². The topological polar surface area (TPSA) is 96.1 Å². The Morgan fingerprint density at radius 2 is 2.08 bits per heavy atom. The fourth-order valence-corrected chi connectivity index (χ4v) is 2.74. The Morgan fingerprint density at radius 1 is 1.24 bits per heavy atom. The third kappa shape index (κ3) is 3.79. The number of aromatic hydroxyl groups is 1. The molecule has 1 aromatic carbocycles. The number of nitrogens with zero attached hydrogens (tertiary/aromatic N) is 4. The number of aromatic nitrogens is 4. The van der Waals surface area contributed by atoms with Crippen LogP contribution in [0.1, 0.15) is 22.4 Å². The molecule has 0 fully saturated rings. The molecule has 3 rings (SSSR count). The lowest BCUT2D eigenvalue weighted by Gasteiger charge is -2.14. The van der Waals surface area contributed by atoms with Crippen molar-refractivity contribution in [1.82, 2.24) is 25.1 Å². The molecule has 0 aliphatic carbocycles. The van der Waals surface area contributed by atoms with Gasteiger partial charge in [-0.1, -0.05) is 17.7 Å². The zero-order chi connectivity index (χ0) is 17.8. The number of nitrogens with one attached hydrogen (secondary N) is 1. The molecule has 0 aliphatic heterocycles. The number of pyridine rings is 1. The predicted molar refractivity (Wildman–Crippen MR) is 93.5 cm³/mol. The molecule has 7 nitrogen and oxygen atoms in total. The molecule has 0 aliphatic rings. The van der Waals surface area contributed by atoms with Gasteiger partial charge < -0.3 is 15.5 Å². The highest BCUT2D eigenvalue weighted by Gasteiger charge is 2.12. The average molecular weight is 360 g/mol. The molecule has 0 unspecified atom stereocenters. The van der Waals surface area contributed by atoms with Crippen molar-refractivity contribution in [3.63, 3.8) is 0 Å². The lowest BCUT2D eigenvalue weighted by Crippen LogP contribution is -2.16. The van der Waals surface area contributed by atoms with E-state index in [0.717, 1.165) is 11.3 Å². The Bertz CT molecular complexity index is 868. The number of aliphatic hydroxyl groups excluding tert-OH is 1. The van der Waals surface area contributed by atoms with Crippen molar-refractivity contribution in [2.45, 2.75) is 26.6 Å². The van der Waals surface area contributed by atoms with Gasteiger partial charge in [-0.2, -0.15) is 5.10 Å². The van der Waals surface area contributed by atoms with Crippen LogP contribution in [0.25, 0.3) is 5.69 Å². The normalized spacial score (nSPS) is 11.0. The van der Waals surface area contributed by atoms with Crippen LogP contribution in [0.4, 0.5) is 0 Å². The van der Waals surface area contributed by atoms with E-state index in [4.69, 9.17) is 11.6 Å². The molecule has 2 heterocycles. The third-order valence-electron chi connectivity index (χ3n) is 3.93. The number of hydrogen-bond donors (Lipinski definition) is 3. The monoisotopic (exact) mass is 359 g/mol. The van der Waals surface area contributed by atoms with E-state index in [1.54, 1.807) is 24.1 Å². The molecule has 3 aromatic rings. The molecule has 0 saturated heterocycles. The molecule has 0 bridgehead atoms. The minimum atomic E-state index is -0.178. The highest BCUT2D eigenvalue weighted by molar-refractivity contribution is 6.30. The second-order valence-electron chi connectivity index (χ2n) is 5.57. The van der Waals surface area contributed by atoms with Gasteiger partial charge in [0.15, 0.2) is 0 Å². The summed E-state index contributed by atoms with van der Waals surface area (Å²) < 4.78 is 1.65. The van der Waals surface area contributed by atoms with Gasteiger partial charge in [-0.3, -0.25) is 4.98 Å². The maximum Gasteiger partial charge on any atom is 0.141 e. The van der Waals surface area contributed by atoms with E-state index < -0.39 is 0 Å². The molecule has 3 N–H and O–H groups in total. The summed E-state index contributed by atoms with van der Waals surface area (Å²) in [5, 5.41) is 27.7. The molecule has 0 amide bonds. The highest BCUT2D eigenvalue weighted by Crippen LogP contribution is 2.24. The van der Waals surface area contributed by atoms with Gasteiger partial charge in [0, 0.05) is 35.4 Å². The van der Waals surface area contributed by atoms with Gasteiger partial charge in [-0.05, 0) is 24.6 Å². The molecular weight excluding hydrogens is 342 g/mol. The molecule has 25 heavy (non-hydrogen) atoms. The average Bonchev–Trinajstić information content (AvgIpc) is 3.14. The first kappa shape index (κ1) is 17.3. The van der Waals surface area contributed by atoms with Gasteiger partial charge in [0.25, 0.3) is 0 Å². The minimum Gasteiger partial charge on any atom is -0.506 e.